The highest BCUT2D eigenvalue weighted by atomic mass is 16.2. The van der Waals surface area contributed by atoms with E-state index in [2.05, 4.69) is 88.1 Å². The lowest BCUT2D eigenvalue weighted by Gasteiger charge is -2.38. The summed E-state index contributed by atoms with van der Waals surface area (Å²) in [7, 11) is 0. The van der Waals surface area contributed by atoms with Crippen LogP contribution in [-0.2, 0) is 4.79 Å². The van der Waals surface area contributed by atoms with Crippen LogP contribution in [-0.4, -0.2) is 21.3 Å². The number of hydrogen-bond acceptors (Lipinski definition) is 1. The number of hydrogen-bond donors (Lipinski definition) is 1. The van der Waals surface area contributed by atoms with Gasteiger partial charge >= 0.3 is 0 Å². The number of amides is 1. The molecule has 3 aromatic rings. The third kappa shape index (κ3) is 2.77. The minimum absolute atomic E-state index is 0.0695. The molecule has 0 fully saturated rings. The first kappa shape index (κ1) is 18.5. The van der Waals surface area contributed by atoms with Crippen LogP contribution in [0.25, 0.3) is 22.2 Å². The maximum atomic E-state index is 13.2. The monoisotopic (exact) mass is 372 g/mol. The summed E-state index contributed by atoms with van der Waals surface area (Å²) in [5.41, 5.74) is 7.50. The lowest BCUT2D eigenvalue weighted by molar-refractivity contribution is -0.131. The maximum Gasteiger partial charge on any atom is 0.250 e. The van der Waals surface area contributed by atoms with Gasteiger partial charge in [-0.05, 0) is 58.7 Å². The highest BCUT2D eigenvalue weighted by molar-refractivity contribution is 6.00. The van der Waals surface area contributed by atoms with E-state index in [1.165, 1.54) is 16.5 Å². The Morgan fingerprint density at radius 2 is 1.57 bits per heavy atom. The molecule has 3 heteroatoms. The number of benzene rings is 2. The molecule has 144 valence electrons. The zero-order valence-electron chi connectivity index (χ0n) is 17.6. The van der Waals surface area contributed by atoms with Gasteiger partial charge in [0.1, 0.15) is 0 Å². The Balaban J connectivity index is 2.03. The van der Waals surface area contributed by atoms with Crippen molar-refractivity contribution in [3.05, 3.63) is 70.8 Å². The molecule has 1 N–H and O–H groups in total. The number of nitrogens with one attached hydrogen (secondary N) is 1. The molecule has 1 aliphatic heterocycles. The normalized spacial score (nSPS) is 17.9. The predicted octanol–water partition coefficient (Wildman–Crippen LogP) is 6.16. The number of aromatic nitrogens is 1. The van der Waals surface area contributed by atoms with Crippen LogP contribution >= 0.6 is 0 Å². The Morgan fingerprint density at radius 3 is 2.21 bits per heavy atom. The van der Waals surface area contributed by atoms with Crippen LogP contribution < -0.4 is 0 Å². The van der Waals surface area contributed by atoms with E-state index in [9.17, 15) is 4.79 Å². The molecular weight excluding hydrogens is 344 g/mol. The molecule has 2 aromatic carbocycles. The van der Waals surface area contributed by atoms with Crippen LogP contribution in [0.1, 0.15) is 51.8 Å². The van der Waals surface area contributed by atoms with Gasteiger partial charge < -0.3 is 9.88 Å². The Bertz CT molecular complexity index is 1090. The van der Waals surface area contributed by atoms with Gasteiger partial charge in [0.25, 0.3) is 5.91 Å². The number of aromatic amines is 1. The van der Waals surface area contributed by atoms with Gasteiger partial charge in [-0.2, -0.15) is 0 Å². The van der Waals surface area contributed by atoms with E-state index in [4.69, 9.17) is 0 Å². The van der Waals surface area contributed by atoms with E-state index < -0.39 is 0 Å². The van der Waals surface area contributed by atoms with Crippen LogP contribution in [0.15, 0.2) is 59.7 Å². The van der Waals surface area contributed by atoms with Crippen molar-refractivity contribution in [3.63, 3.8) is 0 Å². The summed E-state index contributed by atoms with van der Waals surface area (Å²) in [5, 5.41) is 1.18. The minimum Gasteiger partial charge on any atom is -0.354 e. The second kappa shape index (κ2) is 6.37. The van der Waals surface area contributed by atoms with E-state index in [1.807, 2.05) is 11.8 Å². The second-order valence-electron chi connectivity index (χ2n) is 8.88. The molecular formula is C25H28N2O. The van der Waals surface area contributed by atoms with Crippen LogP contribution in [0.4, 0.5) is 0 Å². The summed E-state index contributed by atoms with van der Waals surface area (Å²) in [6.45, 7) is 12.5. The lowest BCUT2D eigenvalue weighted by Crippen LogP contribution is -2.45. The molecule has 28 heavy (non-hydrogen) atoms. The molecule has 1 aliphatic rings. The fourth-order valence-electron chi connectivity index (χ4n) is 4.30. The first-order chi connectivity index (χ1) is 13.2. The van der Waals surface area contributed by atoms with Crippen molar-refractivity contribution >= 4 is 16.8 Å². The van der Waals surface area contributed by atoms with Crippen LogP contribution in [0.3, 0.4) is 0 Å². The van der Waals surface area contributed by atoms with Crippen molar-refractivity contribution in [2.45, 2.75) is 53.1 Å². The van der Waals surface area contributed by atoms with Gasteiger partial charge in [0.2, 0.25) is 0 Å². The molecule has 1 aromatic heterocycles. The SMILES string of the molecule is CC1=C(C)[C@H](c2c(-c3ccc(C)cc3)[nH]c3ccccc23)N(C(C)(C)C)C1=O. The number of fused-ring (bicyclic) bond motifs is 1. The number of H-pyrrole nitrogens is 1. The Kier molecular flexibility index (Phi) is 4.22. The molecule has 0 saturated heterocycles. The lowest BCUT2D eigenvalue weighted by atomic mass is 9.91. The van der Waals surface area contributed by atoms with Crippen LogP contribution in [0.5, 0.6) is 0 Å². The summed E-state index contributed by atoms with van der Waals surface area (Å²) in [5.74, 6) is 0.134. The molecule has 3 nitrogen and oxygen atoms in total. The minimum atomic E-state index is -0.274. The third-order valence-electron chi connectivity index (χ3n) is 5.88. The van der Waals surface area contributed by atoms with Crippen molar-refractivity contribution in [1.29, 1.82) is 0 Å². The molecule has 1 atom stereocenters. The first-order valence-corrected chi connectivity index (χ1v) is 9.89. The smallest absolute Gasteiger partial charge is 0.250 e. The highest BCUT2D eigenvalue weighted by Crippen LogP contribution is 2.47. The summed E-state index contributed by atoms with van der Waals surface area (Å²) in [6, 6.07) is 16.9. The third-order valence-corrected chi connectivity index (χ3v) is 5.88. The van der Waals surface area contributed by atoms with Crippen molar-refractivity contribution < 1.29 is 4.79 Å². The topological polar surface area (TPSA) is 36.1 Å². The second-order valence-corrected chi connectivity index (χ2v) is 8.88. The van der Waals surface area contributed by atoms with Gasteiger partial charge in [-0.3, -0.25) is 4.79 Å². The fraction of sp³-hybridized carbons (Fsp3) is 0.320. The number of aryl methyl sites for hydroxylation is 1. The number of carbonyl (C=O) groups excluding carboxylic acids is 1. The standard InChI is InChI=1S/C25H28N2O/c1-15-11-13-18(14-12-15)22-21(19-9-7-8-10-20(19)26-22)23-16(2)17(3)24(28)27(23)25(4,5)6/h7-14,23,26H,1-6H3/t23-/m1/s1. The molecule has 0 spiro atoms. The van der Waals surface area contributed by atoms with Gasteiger partial charge in [-0.25, -0.2) is 0 Å². The van der Waals surface area contributed by atoms with Gasteiger partial charge in [-0.1, -0.05) is 48.0 Å². The summed E-state index contributed by atoms with van der Waals surface area (Å²) in [6.07, 6.45) is 0. The molecule has 0 aliphatic carbocycles. The van der Waals surface area contributed by atoms with Gasteiger partial charge in [0, 0.05) is 27.6 Å². The van der Waals surface area contributed by atoms with Crippen LogP contribution in [0, 0.1) is 6.92 Å². The first-order valence-electron chi connectivity index (χ1n) is 9.89. The maximum absolute atomic E-state index is 13.2. The average Bonchev–Trinajstić information content (AvgIpc) is 3.12. The molecule has 1 amide bonds. The van der Waals surface area contributed by atoms with E-state index >= 15 is 0 Å². The summed E-state index contributed by atoms with van der Waals surface area (Å²) in [4.78, 5) is 18.8. The molecule has 0 saturated carbocycles. The van der Waals surface area contributed by atoms with Gasteiger partial charge in [0.05, 0.1) is 11.7 Å². The fourth-order valence-corrected chi connectivity index (χ4v) is 4.30. The van der Waals surface area contributed by atoms with Gasteiger partial charge in [0.15, 0.2) is 0 Å². The molecule has 0 bridgehead atoms. The quantitative estimate of drug-likeness (QED) is 0.574. The average molecular weight is 373 g/mol. The molecule has 4 rings (SSSR count). The number of carbonyl (C=O) groups is 1. The number of nitrogens with zero attached hydrogens (tertiary/aromatic N) is 1. The van der Waals surface area contributed by atoms with E-state index in [0.717, 1.165) is 27.9 Å². The number of rotatable bonds is 2. The Labute approximate surface area is 167 Å². The summed E-state index contributed by atoms with van der Waals surface area (Å²) >= 11 is 0. The molecule has 0 unspecified atom stereocenters. The molecule has 0 radical (unpaired) electrons. The van der Waals surface area contributed by atoms with Crippen molar-refractivity contribution in [1.82, 2.24) is 9.88 Å². The number of para-hydroxylation sites is 1. The Morgan fingerprint density at radius 1 is 0.929 bits per heavy atom. The van der Waals surface area contributed by atoms with Gasteiger partial charge in [-0.15, -0.1) is 0 Å². The predicted molar refractivity (Wildman–Crippen MR) is 116 cm³/mol. The van der Waals surface area contributed by atoms with E-state index in [1.54, 1.807) is 0 Å². The van der Waals surface area contributed by atoms with Crippen LogP contribution in [0.2, 0.25) is 0 Å². The van der Waals surface area contributed by atoms with Crippen molar-refractivity contribution in [3.8, 4) is 11.3 Å². The largest absolute Gasteiger partial charge is 0.354 e. The van der Waals surface area contributed by atoms with E-state index in [-0.39, 0.29) is 17.5 Å². The van der Waals surface area contributed by atoms with E-state index in [0.29, 0.717) is 0 Å². The highest BCUT2D eigenvalue weighted by Gasteiger charge is 2.43. The van der Waals surface area contributed by atoms with Crippen molar-refractivity contribution in [2.75, 3.05) is 0 Å². The zero-order valence-corrected chi connectivity index (χ0v) is 17.6. The summed E-state index contributed by atoms with van der Waals surface area (Å²) < 4.78 is 0. The zero-order chi connectivity index (χ0) is 20.2. The molecule has 2 heterocycles. The van der Waals surface area contributed by atoms with Crippen molar-refractivity contribution in [2.24, 2.45) is 0 Å². The Hall–Kier alpha value is -2.81.